The van der Waals surface area contributed by atoms with E-state index < -0.39 is 0 Å². The van der Waals surface area contributed by atoms with Crippen LogP contribution in [0, 0.1) is 3.70 Å². The van der Waals surface area contributed by atoms with Crippen molar-refractivity contribution in [2.45, 2.75) is 19.4 Å². The van der Waals surface area contributed by atoms with Gasteiger partial charge in [-0.2, -0.15) is 5.10 Å². The van der Waals surface area contributed by atoms with Gasteiger partial charge in [0.1, 0.15) is 3.70 Å². The molecule has 0 aliphatic heterocycles. The van der Waals surface area contributed by atoms with E-state index in [9.17, 15) is 0 Å². The molecule has 0 bridgehead atoms. The van der Waals surface area contributed by atoms with E-state index in [-0.39, 0.29) is 0 Å². The SMILES string of the molecule is ClCCCCn1ccc(I)n1. The highest BCUT2D eigenvalue weighted by Gasteiger charge is 1.93. The van der Waals surface area contributed by atoms with Crippen LogP contribution < -0.4 is 0 Å². The maximum Gasteiger partial charge on any atom is 0.123 e. The number of unbranched alkanes of at least 4 members (excludes halogenated alkanes) is 1. The molecule has 0 saturated carbocycles. The molecular weight excluding hydrogens is 274 g/mol. The van der Waals surface area contributed by atoms with Gasteiger partial charge in [0.25, 0.3) is 0 Å². The van der Waals surface area contributed by atoms with Crippen LogP contribution >= 0.6 is 34.2 Å². The molecule has 1 aromatic rings. The second kappa shape index (κ2) is 4.98. The van der Waals surface area contributed by atoms with Crippen LogP contribution in [-0.4, -0.2) is 15.7 Å². The Bertz CT molecular complexity index is 212. The van der Waals surface area contributed by atoms with Gasteiger partial charge in [0.15, 0.2) is 0 Å². The monoisotopic (exact) mass is 284 g/mol. The molecule has 62 valence electrons. The van der Waals surface area contributed by atoms with E-state index in [0.29, 0.717) is 0 Å². The van der Waals surface area contributed by atoms with Crippen molar-refractivity contribution in [3.63, 3.8) is 0 Å². The van der Waals surface area contributed by atoms with Crippen molar-refractivity contribution in [3.8, 4) is 0 Å². The fraction of sp³-hybridized carbons (Fsp3) is 0.571. The van der Waals surface area contributed by atoms with Crippen LogP contribution in [0.1, 0.15) is 12.8 Å². The van der Waals surface area contributed by atoms with Crippen LogP contribution in [0.15, 0.2) is 12.3 Å². The van der Waals surface area contributed by atoms with Crippen molar-refractivity contribution in [3.05, 3.63) is 16.0 Å². The van der Waals surface area contributed by atoms with Crippen LogP contribution in [0.2, 0.25) is 0 Å². The van der Waals surface area contributed by atoms with E-state index in [2.05, 4.69) is 27.7 Å². The first-order chi connectivity index (χ1) is 5.33. The zero-order valence-electron chi connectivity index (χ0n) is 6.13. The Hall–Kier alpha value is 0.230. The molecule has 1 aromatic heterocycles. The number of aromatic nitrogens is 2. The molecule has 0 fully saturated rings. The predicted octanol–water partition coefficient (Wildman–Crippen LogP) is 2.51. The number of rotatable bonds is 4. The fourth-order valence-corrected chi connectivity index (χ4v) is 1.46. The lowest BCUT2D eigenvalue weighted by atomic mass is 10.3. The molecule has 0 aliphatic rings. The zero-order chi connectivity index (χ0) is 8.10. The smallest absolute Gasteiger partial charge is 0.123 e. The first-order valence-electron chi connectivity index (χ1n) is 3.58. The third-order valence-electron chi connectivity index (χ3n) is 1.38. The van der Waals surface area contributed by atoms with E-state index in [1.807, 2.05) is 16.9 Å². The number of nitrogens with zero attached hydrogens (tertiary/aromatic N) is 2. The molecule has 1 rings (SSSR count). The Labute approximate surface area is 85.1 Å². The quantitative estimate of drug-likeness (QED) is 0.472. The summed E-state index contributed by atoms with van der Waals surface area (Å²) in [6.45, 7) is 0.982. The fourth-order valence-electron chi connectivity index (χ4n) is 0.830. The van der Waals surface area contributed by atoms with Crippen molar-refractivity contribution in [1.82, 2.24) is 9.78 Å². The van der Waals surface area contributed by atoms with Crippen LogP contribution in [0.25, 0.3) is 0 Å². The van der Waals surface area contributed by atoms with Crippen LogP contribution in [0.5, 0.6) is 0 Å². The topological polar surface area (TPSA) is 17.8 Å². The highest BCUT2D eigenvalue weighted by atomic mass is 127. The summed E-state index contributed by atoms with van der Waals surface area (Å²) < 4.78 is 3.00. The molecule has 0 amide bonds. The Morgan fingerprint density at radius 2 is 2.36 bits per heavy atom. The summed E-state index contributed by atoms with van der Waals surface area (Å²) >= 11 is 7.75. The number of hydrogen-bond donors (Lipinski definition) is 0. The van der Waals surface area contributed by atoms with Crippen molar-refractivity contribution >= 4 is 34.2 Å². The van der Waals surface area contributed by atoms with Crippen molar-refractivity contribution in [2.75, 3.05) is 5.88 Å². The lowest BCUT2D eigenvalue weighted by Gasteiger charge is -1.97. The highest BCUT2D eigenvalue weighted by Crippen LogP contribution is 2.01. The Morgan fingerprint density at radius 1 is 1.55 bits per heavy atom. The number of alkyl halides is 1. The van der Waals surface area contributed by atoms with Gasteiger partial charge in [0, 0.05) is 18.6 Å². The molecule has 0 atom stereocenters. The molecule has 0 N–H and O–H groups in total. The first kappa shape index (κ1) is 9.32. The lowest BCUT2D eigenvalue weighted by Crippen LogP contribution is -1.98. The summed E-state index contributed by atoms with van der Waals surface area (Å²) in [7, 11) is 0. The highest BCUT2D eigenvalue weighted by molar-refractivity contribution is 14.1. The largest absolute Gasteiger partial charge is 0.272 e. The van der Waals surface area contributed by atoms with Gasteiger partial charge in [-0.05, 0) is 41.5 Å². The normalized spacial score (nSPS) is 10.4. The molecule has 0 radical (unpaired) electrons. The minimum absolute atomic E-state index is 0.748. The molecule has 11 heavy (non-hydrogen) atoms. The van der Waals surface area contributed by atoms with Crippen LogP contribution in [0.3, 0.4) is 0 Å². The van der Waals surface area contributed by atoms with Gasteiger partial charge in [-0.25, -0.2) is 0 Å². The molecule has 0 unspecified atom stereocenters. The van der Waals surface area contributed by atoms with Crippen molar-refractivity contribution in [2.24, 2.45) is 0 Å². The molecule has 4 heteroatoms. The van der Waals surface area contributed by atoms with Gasteiger partial charge in [0.05, 0.1) is 0 Å². The third kappa shape index (κ3) is 3.42. The van der Waals surface area contributed by atoms with Gasteiger partial charge >= 0.3 is 0 Å². The molecule has 1 heterocycles. The standard InChI is InChI=1S/C7H10ClIN2/c8-4-1-2-5-11-6-3-7(9)10-11/h3,6H,1-2,4-5H2. The van der Waals surface area contributed by atoms with E-state index in [1.165, 1.54) is 0 Å². The van der Waals surface area contributed by atoms with Gasteiger partial charge < -0.3 is 0 Å². The summed E-state index contributed by atoms with van der Waals surface area (Å²) in [4.78, 5) is 0. The minimum atomic E-state index is 0.748. The summed E-state index contributed by atoms with van der Waals surface area (Å²) in [6, 6.07) is 2.00. The maximum atomic E-state index is 5.54. The third-order valence-corrected chi connectivity index (χ3v) is 2.22. The molecular formula is C7H10ClIN2. The summed E-state index contributed by atoms with van der Waals surface area (Å²) in [5, 5.41) is 4.24. The average molecular weight is 285 g/mol. The zero-order valence-corrected chi connectivity index (χ0v) is 9.05. The lowest BCUT2D eigenvalue weighted by molar-refractivity contribution is 0.570. The predicted molar refractivity (Wildman–Crippen MR) is 54.9 cm³/mol. The summed E-state index contributed by atoms with van der Waals surface area (Å²) in [5.74, 6) is 0.748. The minimum Gasteiger partial charge on any atom is -0.272 e. The Morgan fingerprint density at radius 3 is 2.91 bits per heavy atom. The Balaban J connectivity index is 2.27. The van der Waals surface area contributed by atoms with Crippen molar-refractivity contribution in [1.29, 1.82) is 0 Å². The average Bonchev–Trinajstić information content (AvgIpc) is 2.37. The van der Waals surface area contributed by atoms with Crippen LogP contribution in [-0.2, 0) is 6.54 Å². The van der Waals surface area contributed by atoms with Gasteiger partial charge in [-0.3, -0.25) is 4.68 Å². The maximum absolute atomic E-state index is 5.54. The second-order valence-corrected chi connectivity index (χ2v) is 3.78. The second-order valence-electron chi connectivity index (χ2n) is 2.30. The first-order valence-corrected chi connectivity index (χ1v) is 5.19. The van der Waals surface area contributed by atoms with E-state index in [4.69, 9.17) is 11.6 Å². The molecule has 2 nitrogen and oxygen atoms in total. The Kier molecular flexibility index (Phi) is 4.22. The number of hydrogen-bond acceptors (Lipinski definition) is 1. The van der Waals surface area contributed by atoms with Crippen LogP contribution in [0.4, 0.5) is 0 Å². The molecule has 0 saturated heterocycles. The van der Waals surface area contributed by atoms with E-state index in [1.54, 1.807) is 0 Å². The van der Waals surface area contributed by atoms with E-state index >= 15 is 0 Å². The van der Waals surface area contributed by atoms with Gasteiger partial charge in [0.2, 0.25) is 0 Å². The summed E-state index contributed by atoms with van der Waals surface area (Å²) in [6.07, 6.45) is 4.18. The van der Waals surface area contributed by atoms with E-state index in [0.717, 1.165) is 29.0 Å². The molecule has 0 aliphatic carbocycles. The number of halogens is 2. The molecule has 0 spiro atoms. The van der Waals surface area contributed by atoms with Gasteiger partial charge in [-0.15, -0.1) is 11.6 Å². The van der Waals surface area contributed by atoms with Crippen molar-refractivity contribution < 1.29 is 0 Å². The van der Waals surface area contributed by atoms with Gasteiger partial charge in [-0.1, -0.05) is 0 Å². The number of aryl methyl sites for hydroxylation is 1. The summed E-state index contributed by atoms with van der Waals surface area (Å²) in [5.41, 5.74) is 0. The molecule has 0 aromatic carbocycles.